The first kappa shape index (κ1) is 22.1. The van der Waals surface area contributed by atoms with E-state index in [4.69, 9.17) is 4.99 Å². The maximum Gasteiger partial charge on any atom is 0.416 e. The molecular formula is C23H17F3N6OS. The molecule has 0 bridgehead atoms. The lowest BCUT2D eigenvalue weighted by Gasteiger charge is -2.35. The van der Waals surface area contributed by atoms with Gasteiger partial charge in [0, 0.05) is 0 Å². The number of aliphatic imine (C=N–C) groups is 1. The minimum Gasteiger partial charge on any atom is -0.273 e. The summed E-state index contributed by atoms with van der Waals surface area (Å²) in [5.74, 6) is -0.407. The second kappa shape index (κ2) is 8.90. The Bertz CT molecular complexity index is 1300. The summed E-state index contributed by atoms with van der Waals surface area (Å²) in [6.07, 6.45) is 2.54. The molecule has 3 aromatic rings. The Morgan fingerprint density at radius 2 is 1.74 bits per heavy atom. The first-order chi connectivity index (χ1) is 16.4. The van der Waals surface area contributed by atoms with Crippen LogP contribution in [0.25, 0.3) is 5.69 Å². The molecule has 172 valence electrons. The highest BCUT2D eigenvalue weighted by molar-refractivity contribution is 7.99. The molecule has 2 atom stereocenters. The Hall–Kier alpha value is -3.73. The van der Waals surface area contributed by atoms with Crippen molar-refractivity contribution in [3.05, 3.63) is 84.5 Å². The number of amides is 1. The number of tetrazole rings is 1. The quantitative estimate of drug-likeness (QED) is 0.506. The number of aromatic nitrogens is 4. The third-order valence-corrected chi connectivity index (χ3v) is 6.29. The SMILES string of the molecule is O=C1[C@@H]2C=CC=C[C@@H]2N=C(CSc2nnnn2-c2ccccc2)N1c1cccc(C(F)(F)F)c1. The van der Waals surface area contributed by atoms with Gasteiger partial charge in [-0.05, 0) is 40.8 Å². The van der Waals surface area contributed by atoms with Crippen LogP contribution in [0.5, 0.6) is 0 Å². The molecule has 2 aliphatic rings. The average molecular weight is 482 g/mol. The highest BCUT2D eigenvalue weighted by atomic mass is 32.2. The molecule has 11 heteroatoms. The van der Waals surface area contributed by atoms with Gasteiger partial charge in [-0.2, -0.15) is 17.9 Å². The van der Waals surface area contributed by atoms with E-state index in [1.807, 2.05) is 36.4 Å². The number of anilines is 1. The van der Waals surface area contributed by atoms with Crippen molar-refractivity contribution < 1.29 is 18.0 Å². The van der Waals surface area contributed by atoms with Gasteiger partial charge in [0.05, 0.1) is 34.7 Å². The van der Waals surface area contributed by atoms with Gasteiger partial charge in [0.25, 0.3) is 0 Å². The second-order valence-electron chi connectivity index (χ2n) is 7.55. The first-order valence-corrected chi connectivity index (χ1v) is 11.3. The van der Waals surface area contributed by atoms with Gasteiger partial charge in [-0.15, -0.1) is 5.10 Å². The van der Waals surface area contributed by atoms with E-state index in [1.54, 1.807) is 22.9 Å². The number of para-hydroxylation sites is 1. The van der Waals surface area contributed by atoms with Crippen LogP contribution in [0.15, 0.2) is 89.1 Å². The molecular weight excluding hydrogens is 465 g/mol. The molecule has 1 aromatic heterocycles. The number of nitrogens with zero attached hydrogens (tertiary/aromatic N) is 6. The summed E-state index contributed by atoms with van der Waals surface area (Å²) >= 11 is 1.24. The number of allylic oxidation sites excluding steroid dienone is 2. The van der Waals surface area contributed by atoms with Crippen LogP contribution in [0.3, 0.4) is 0 Å². The van der Waals surface area contributed by atoms with Crippen LogP contribution in [0, 0.1) is 5.92 Å². The molecule has 0 N–H and O–H groups in total. The molecule has 1 aliphatic carbocycles. The van der Waals surface area contributed by atoms with E-state index in [0.29, 0.717) is 11.0 Å². The zero-order valence-electron chi connectivity index (χ0n) is 17.5. The number of thioether (sulfide) groups is 1. The minimum absolute atomic E-state index is 0.114. The average Bonchev–Trinajstić information content (AvgIpc) is 3.32. The van der Waals surface area contributed by atoms with Gasteiger partial charge in [0.15, 0.2) is 0 Å². The smallest absolute Gasteiger partial charge is 0.273 e. The van der Waals surface area contributed by atoms with Crippen LogP contribution in [0.2, 0.25) is 0 Å². The molecule has 1 amide bonds. The number of amidine groups is 1. The Labute approximate surface area is 196 Å². The van der Waals surface area contributed by atoms with Gasteiger partial charge in [0.2, 0.25) is 11.1 Å². The Kier molecular flexibility index (Phi) is 5.78. The van der Waals surface area contributed by atoms with Crippen LogP contribution in [0.1, 0.15) is 5.56 Å². The standard InChI is InChI=1S/C23H17F3N6OS/c24-23(25,26)15-7-6-10-17(13-15)31-20(27-19-12-5-4-11-18(19)21(31)33)14-34-22-28-29-30-32(22)16-8-2-1-3-9-16/h1-13,18-19H,14H2/t18-,19+/m1/s1. The lowest BCUT2D eigenvalue weighted by Crippen LogP contribution is -2.49. The number of hydrogen-bond donors (Lipinski definition) is 0. The molecule has 2 aromatic carbocycles. The van der Waals surface area contributed by atoms with Crippen LogP contribution in [0.4, 0.5) is 18.9 Å². The Morgan fingerprint density at radius 1 is 0.971 bits per heavy atom. The summed E-state index contributed by atoms with van der Waals surface area (Å²) in [6, 6.07) is 13.6. The van der Waals surface area contributed by atoms with E-state index in [1.165, 1.54) is 28.8 Å². The van der Waals surface area contributed by atoms with Crippen molar-refractivity contribution >= 4 is 29.2 Å². The largest absolute Gasteiger partial charge is 0.416 e. The molecule has 2 heterocycles. The summed E-state index contributed by atoms with van der Waals surface area (Å²) in [6.45, 7) is 0. The van der Waals surface area contributed by atoms with Crippen molar-refractivity contribution in [3.8, 4) is 5.69 Å². The molecule has 7 nitrogen and oxygen atoms in total. The summed E-state index contributed by atoms with van der Waals surface area (Å²) in [7, 11) is 0. The summed E-state index contributed by atoms with van der Waals surface area (Å²) in [4.78, 5) is 19.4. The predicted octanol–water partition coefficient (Wildman–Crippen LogP) is 4.33. The number of halogens is 3. The monoisotopic (exact) mass is 482 g/mol. The number of benzene rings is 2. The summed E-state index contributed by atoms with van der Waals surface area (Å²) in [5.41, 5.74) is 0.0362. The molecule has 5 rings (SSSR count). The van der Waals surface area contributed by atoms with Crippen LogP contribution < -0.4 is 4.90 Å². The topological polar surface area (TPSA) is 76.3 Å². The molecule has 0 radical (unpaired) electrons. The van der Waals surface area contributed by atoms with Gasteiger partial charge in [-0.1, -0.05) is 60.3 Å². The fourth-order valence-corrected chi connectivity index (χ4v) is 4.60. The molecule has 0 spiro atoms. The molecule has 0 saturated heterocycles. The van der Waals surface area contributed by atoms with E-state index in [9.17, 15) is 18.0 Å². The molecule has 0 unspecified atom stereocenters. The van der Waals surface area contributed by atoms with Crippen LogP contribution in [-0.4, -0.2) is 43.7 Å². The molecule has 0 fully saturated rings. The molecule has 34 heavy (non-hydrogen) atoms. The zero-order valence-corrected chi connectivity index (χ0v) is 18.3. The van der Waals surface area contributed by atoms with Gasteiger partial charge < -0.3 is 0 Å². The Morgan fingerprint density at radius 3 is 2.53 bits per heavy atom. The first-order valence-electron chi connectivity index (χ1n) is 10.3. The van der Waals surface area contributed by atoms with E-state index in [0.717, 1.165) is 17.8 Å². The fraction of sp³-hybridized carbons (Fsp3) is 0.174. The van der Waals surface area contributed by atoms with E-state index < -0.39 is 23.7 Å². The lowest BCUT2D eigenvalue weighted by atomic mass is 9.92. The van der Waals surface area contributed by atoms with Gasteiger partial charge in [0.1, 0.15) is 5.84 Å². The van der Waals surface area contributed by atoms with Crippen LogP contribution in [-0.2, 0) is 11.0 Å². The van der Waals surface area contributed by atoms with Gasteiger partial charge in [-0.25, -0.2) is 0 Å². The number of hydrogen-bond acceptors (Lipinski definition) is 6. The maximum absolute atomic E-state index is 13.4. The van der Waals surface area contributed by atoms with Gasteiger partial charge in [-0.3, -0.25) is 14.7 Å². The second-order valence-corrected chi connectivity index (χ2v) is 8.49. The number of fused-ring (bicyclic) bond motifs is 1. The summed E-state index contributed by atoms with van der Waals surface area (Å²) in [5, 5.41) is 12.3. The third kappa shape index (κ3) is 4.26. The number of rotatable bonds is 5. The number of alkyl halides is 3. The normalized spacial score (nSPS) is 19.8. The van der Waals surface area contributed by atoms with Crippen molar-refractivity contribution in [1.82, 2.24) is 20.2 Å². The van der Waals surface area contributed by atoms with E-state index in [2.05, 4.69) is 15.5 Å². The van der Waals surface area contributed by atoms with E-state index >= 15 is 0 Å². The highest BCUT2D eigenvalue weighted by Gasteiger charge is 2.39. The molecule has 0 saturated carbocycles. The Balaban J connectivity index is 1.49. The van der Waals surface area contributed by atoms with Crippen molar-refractivity contribution in [2.75, 3.05) is 10.7 Å². The van der Waals surface area contributed by atoms with Crippen molar-refractivity contribution in [2.24, 2.45) is 10.9 Å². The van der Waals surface area contributed by atoms with Gasteiger partial charge >= 0.3 is 6.18 Å². The van der Waals surface area contributed by atoms with Crippen molar-refractivity contribution in [3.63, 3.8) is 0 Å². The zero-order chi connectivity index (χ0) is 23.7. The van der Waals surface area contributed by atoms with E-state index in [-0.39, 0.29) is 17.3 Å². The predicted molar refractivity (Wildman–Crippen MR) is 122 cm³/mol. The highest BCUT2D eigenvalue weighted by Crippen LogP contribution is 2.35. The van der Waals surface area contributed by atoms with Crippen molar-refractivity contribution in [1.29, 1.82) is 0 Å². The van der Waals surface area contributed by atoms with Crippen molar-refractivity contribution in [2.45, 2.75) is 17.4 Å². The number of carbonyl (C=O) groups excluding carboxylic acids is 1. The number of carbonyl (C=O) groups is 1. The maximum atomic E-state index is 13.4. The third-order valence-electron chi connectivity index (χ3n) is 5.37. The molecule has 1 aliphatic heterocycles. The minimum atomic E-state index is -4.53. The summed E-state index contributed by atoms with van der Waals surface area (Å²) < 4.78 is 41.6. The lowest BCUT2D eigenvalue weighted by molar-refractivity contribution is -0.137. The van der Waals surface area contributed by atoms with Crippen LogP contribution >= 0.6 is 11.8 Å². The fourth-order valence-electron chi connectivity index (χ4n) is 3.78.